The molecule has 1 amide bonds. The van der Waals surface area contributed by atoms with Crippen LogP contribution in [0.25, 0.3) is 0 Å². The summed E-state index contributed by atoms with van der Waals surface area (Å²) in [5.74, 6) is 5.12. The predicted molar refractivity (Wildman–Crippen MR) is 52.3 cm³/mol. The molecule has 0 aromatic carbocycles. The quantitative estimate of drug-likeness (QED) is 0.422. The van der Waals surface area contributed by atoms with E-state index in [2.05, 4.69) is 5.43 Å². The Morgan fingerprint density at radius 1 is 1.69 bits per heavy atom. The molecule has 3 N–H and O–H groups in total. The number of aryl methyl sites for hydroxylation is 1. The number of carbonyl (C=O) groups excluding carboxylic acids is 1. The molecule has 3 nitrogen and oxygen atoms in total. The van der Waals surface area contributed by atoms with E-state index in [-0.39, 0.29) is 11.3 Å². The molecule has 1 fully saturated rings. The molecule has 0 radical (unpaired) electrons. The zero-order valence-corrected chi connectivity index (χ0v) is 8.28. The lowest BCUT2D eigenvalue weighted by Crippen LogP contribution is -2.39. The molecular weight excluding hydrogens is 184 g/mol. The molecule has 0 aliphatic heterocycles. The van der Waals surface area contributed by atoms with Gasteiger partial charge in [-0.2, -0.15) is 0 Å². The molecule has 70 valence electrons. The summed E-state index contributed by atoms with van der Waals surface area (Å²) in [5, 5.41) is 2.02. The minimum atomic E-state index is -0.285. The summed E-state index contributed by atoms with van der Waals surface area (Å²) < 4.78 is 0. The van der Waals surface area contributed by atoms with E-state index in [1.54, 1.807) is 11.3 Å². The summed E-state index contributed by atoms with van der Waals surface area (Å²) in [4.78, 5) is 12.7. The molecule has 2 rings (SSSR count). The molecule has 1 aromatic rings. The summed E-state index contributed by atoms with van der Waals surface area (Å²) >= 11 is 1.65. The van der Waals surface area contributed by atoms with Crippen LogP contribution in [0.1, 0.15) is 23.3 Å². The Morgan fingerprint density at radius 2 is 2.38 bits per heavy atom. The smallest absolute Gasteiger partial charge is 0.245 e. The first-order chi connectivity index (χ1) is 6.20. The molecule has 0 bridgehead atoms. The van der Waals surface area contributed by atoms with Gasteiger partial charge in [-0.3, -0.25) is 10.2 Å². The van der Waals surface area contributed by atoms with Crippen LogP contribution in [-0.2, 0) is 10.2 Å². The van der Waals surface area contributed by atoms with Crippen LogP contribution in [0.5, 0.6) is 0 Å². The Morgan fingerprint density at radius 3 is 2.77 bits per heavy atom. The largest absolute Gasteiger partial charge is 0.293 e. The molecule has 1 saturated carbocycles. The van der Waals surface area contributed by atoms with E-state index in [1.807, 2.05) is 18.4 Å². The van der Waals surface area contributed by atoms with E-state index >= 15 is 0 Å². The van der Waals surface area contributed by atoms with Crippen molar-refractivity contribution in [2.75, 3.05) is 0 Å². The fraction of sp³-hybridized carbons (Fsp3) is 0.444. The van der Waals surface area contributed by atoms with E-state index in [0.717, 1.165) is 12.8 Å². The number of hydrazine groups is 1. The monoisotopic (exact) mass is 196 g/mol. The van der Waals surface area contributed by atoms with Crippen molar-refractivity contribution >= 4 is 17.2 Å². The molecule has 1 aromatic heterocycles. The lowest BCUT2D eigenvalue weighted by Gasteiger charge is -2.11. The van der Waals surface area contributed by atoms with Gasteiger partial charge < -0.3 is 0 Å². The fourth-order valence-electron chi connectivity index (χ4n) is 1.68. The summed E-state index contributed by atoms with van der Waals surface area (Å²) in [6.07, 6.45) is 1.86. The zero-order chi connectivity index (χ0) is 9.47. The van der Waals surface area contributed by atoms with Crippen molar-refractivity contribution in [2.24, 2.45) is 5.84 Å². The third kappa shape index (κ3) is 1.17. The summed E-state index contributed by atoms with van der Waals surface area (Å²) in [5.41, 5.74) is 3.17. The molecular formula is C9H12N2OS. The second-order valence-electron chi connectivity index (χ2n) is 3.49. The summed E-state index contributed by atoms with van der Waals surface area (Å²) in [7, 11) is 0. The van der Waals surface area contributed by atoms with Crippen LogP contribution < -0.4 is 11.3 Å². The first-order valence-corrected chi connectivity index (χ1v) is 5.14. The molecule has 4 heteroatoms. The lowest BCUT2D eigenvalue weighted by atomic mass is 10.0. The van der Waals surface area contributed by atoms with Crippen molar-refractivity contribution in [3.63, 3.8) is 0 Å². The van der Waals surface area contributed by atoms with Crippen molar-refractivity contribution in [3.05, 3.63) is 21.9 Å². The fourth-order valence-corrected chi connectivity index (χ4v) is 2.87. The van der Waals surface area contributed by atoms with Gasteiger partial charge in [-0.15, -0.1) is 11.3 Å². The summed E-state index contributed by atoms with van der Waals surface area (Å²) in [6.45, 7) is 2.04. The van der Waals surface area contributed by atoms with Gasteiger partial charge in [0, 0.05) is 4.88 Å². The Bertz CT molecular complexity index is 341. The van der Waals surface area contributed by atoms with Crippen LogP contribution in [0.2, 0.25) is 0 Å². The highest BCUT2D eigenvalue weighted by Crippen LogP contribution is 2.51. The first-order valence-electron chi connectivity index (χ1n) is 4.26. The van der Waals surface area contributed by atoms with Crippen molar-refractivity contribution in [1.29, 1.82) is 0 Å². The van der Waals surface area contributed by atoms with Crippen molar-refractivity contribution in [1.82, 2.24) is 5.43 Å². The maximum Gasteiger partial charge on any atom is 0.245 e. The number of amides is 1. The highest BCUT2D eigenvalue weighted by molar-refractivity contribution is 7.10. The normalized spacial score (nSPS) is 18.3. The maximum absolute atomic E-state index is 11.5. The maximum atomic E-state index is 11.5. The van der Waals surface area contributed by atoms with Gasteiger partial charge in [0.05, 0.1) is 5.41 Å². The standard InChI is InChI=1S/C9H12N2OS/c1-6-2-5-13-7(6)9(3-4-9)8(12)11-10/h2,5H,3-4,10H2,1H3,(H,11,12). The molecule has 1 aliphatic carbocycles. The number of carbonyl (C=O) groups is 1. The van der Waals surface area contributed by atoms with E-state index < -0.39 is 0 Å². The van der Waals surface area contributed by atoms with Gasteiger partial charge in [-0.05, 0) is 36.8 Å². The van der Waals surface area contributed by atoms with Crippen LogP contribution in [0.4, 0.5) is 0 Å². The number of nitrogens with two attached hydrogens (primary N) is 1. The molecule has 0 saturated heterocycles. The number of rotatable bonds is 2. The van der Waals surface area contributed by atoms with Crippen LogP contribution in [0.15, 0.2) is 11.4 Å². The number of hydrogen-bond acceptors (Lipinski definition) is 3. The highest BCUT2D eigenvalue weighted by atomic mass is 32.1. The molecule has 0 unspecified atom stereocenters. The number of thiophene rings is 1. The molecule has 0 atom stereocenters. The third-order valence-corrected chi connectivity index (χ3v) is 3.83. The zero-order valence-electron chi connectivity index (χ0n) is 7.46. The molecule has 1 heterocycles. The van der Waals surface area contributed by atoms with E-state index in [0.29, 0.717) is 0 Å². The summed E-state index contributed by atoms with van der Waals surface area (Å²) in [6, 6.07) is 2.05. The highest BCUT2D eigenvalue weighted by Gasteiger charge is 2.52. The minimum absolute atomic E-state index is 0.0435. The number of hydrogen-bond donors (Lipinski definition) is 2. The Kier molecular flexibility index (Phi) is 1.89. The van der Waals surface area contributed by atoms with Gasteiger partial charge >= 0.3 is 0 Å². The lowest BCUT2D eigenvalue weighted by molar-refractivity contribution is -0.123. The molecule has 0 spiro atoms. The van der Waals surface area contributed by atoms with Crippen molar-refractivity contribution < 1.29 is 4.79 Å². The molecule has 13 heavy (non-hydrogen) atoms. The van der Waals surface area contributed by atoms with E-state index in [1.165, 1.54) is 10.4 Å². The van der Waals surface area contributed by atoms with Crippen LogP contribution in [-0.4, -0.2) is 5.91 Å². The second kappa shape index (κ2) is 2.82. The van der Waals surface area contributed by atoms with Crippen molar-refractivity contribution in [2.45, 2.75) is 25.2 Å². The Hall–Kier alpha value is -0.870. The van der Waals surface area contributed by atoms with E-state index in [4.69, 9.17) is 5.84 Å². The third-order valence-electron chi connectivity index (χ3n) is 2.61. The van der Waals surface area contributed by atoms with Crippen LogP contribution in [0.3, 0.4) is 0 Å². The van der Waals surface area contributed by atoms with Crippen LogP contribution in [0, 0.1) is 6.92 Å². The SMILES string of the molecule is Cc1ccsc1C1(C(=O)NN)CC1. The van der Waals surface area contributed by atoms with Gasteiger partial charge in [-0.1, -0.05) is 0 Å². The van der Waals surface area contributed by atoms with Gasteiger partial charge in [0.2, 0.25) is 5.91 Å². The van der Waals surface area contributed by atoms with Gasteiger partial charge in [0.25, 0.3) is 0 Å². The van der Waals surface area contributed by atoms with Gasteiger partial charge in [0.15, 0.2) is 0 Å². The van der Waals surface area contributed by atoms with Crippen molar-refractivity contribution in [3.8, 4) is 0 Å². The second-order valence-corrected chi connectivity index (χ2v) is 4.40. The van der Waals surface area contributed by atoms with Gasteiger partial charge in [-0.25, -0.2) is 5.84 Å². The van der Waals surface area contributed by atoms with E-state index in [9.17, 15) is 4.79 Å². The Labute approximate surface area is 80.9 Å². The average molecular weight is 196 g/mol. The topological polar surface area (TPSA) is 55.1 Å². The molecule has 1 aliphatic rings. The van der Waals surface area contributed by atoms with Gasteiger partial charge in [0.1, 0.15) is 0 Å². The van der Waals surface area contributed by atoms with Crippen LogP contribution >= 0.6 is 11.3 Å². The number of nitrogens with one attached hydrogen (secondary N) is 1. The first kappa shape index (κ1) is 8.72. The Balaban J connectivity index is 2.36. The minimum Gasteiger partial charge on any atom is -0.293 e. The average Bonchev–Trinajstić information content (AvgIpc) is 2.83. The predicted octanol–water partition coefficient (Wildman–Crippen LogP) is 1.08.